The van der Waals surface area contributed by atoms with E-state index in [1.165, 1.54) is 19.1 Å². The van der Waals surface area contributed by atoms with Crippen molar-refractivity contribution in [2.45, 2.75) is 6.92 Å². The first-order valence-electron chi connectivity index (χ1n) is 6.44. The average molecular weight is 316 g/mol. The highest BCUT2D eigenvalue weighted by atomic mass is 35.5. The van der Waals surface area contributed by atoms with Gasteiger partial charge in [-0.2, -0.15) is 0 Å². The van der Waals surface area contributed by atoms with Gasteiger partial charge in [0.25, 0.3) is 0 Å². The minimum absolute atomic E-state index is 0.194. The Labute approximate surface area is 129 Å². The molecule has 1 heterocycles. The molecule has 0 spiro atoms. The van der Waals surface area contributed by atoms with E-state index in [9.17, 15) is 14.4 Å². The molecule has 0 unspecified atom stereocenters. The Morgan fingerprint density at radius 1 is 1.05 bits per heavy atom. The predicted octanol–water partition coefficient (Wildman–Crippen LogP) is 3.14. The van der Waals surface area contributed by atoms with Crippen LogP contribution >= 0.6 is 11.6 Å². The molecule has 1 aromatic heterocycles. The van der Waals surface area contributed by atoms with Crippen molar-refractivity contribution in [1.29, 1.82) is 0 Å². The van der Waals surface area contributed by atoms with Gasteiger partial charge in [-0.3, -0.25) is 9.59 Å². The summed E-state index contributed by atoms with van der Waals surface area (Å²) in [6.07, 6.45) is 0. The van der Waals surface area contributed by atoms with E-state index in [0.29, 0.717) is 21.7 Å². The normalized spacial score (nSPS) is 10.8. The molecule has 3 aromatic rings. The molecule has 0 amide bonds. The van der Waals surface area contributed by atoms with Gasteiger partial charge in [-0.25, -0.2) is 9.36 Å². The molecule has 0 fully saturated rings. The summed E-state index contributed by atoms with van der Waals surface area (Å²) in [5.41, 5.74) is 1.36. The number of benzene rings is 2. The number of hydrogen-bond acceptors (Lipinski definition) is 4. The molecule has 0 saturated heterocycles. The van der Waals surface area contributed by atoms with Crippen LogP contribution in [0.2, 0.25) is 5.02 Å². The molecule has 6 heteroatoms. The highest BCUT2D eigenvalue weighted by Crippen LogP contribution is 2.19. The quantitative estimate of drug-likeness (QED) is 0.681. The highest BCUT2D eigenvalue weighted by Gasteiger charge is 2.16. The van der Waals surface area contributed by atoms with Crippen LogP contribution in [0.1, 0.15) is 27.6 Å². The van der Waals surface area contributed by atoms with Crippen LogP contribution in [0, 0.1) is 0 Å². The molecule has 5 nitrogen and oxygen atoms in total. The summed E-state index contributed by atoms with van der Waals surface area (Å²) in [4.78, 5) is 35.5. The second-order valence-electron chi connectivity index (χ2n) is 4.74. The molecular weight excluding hydrogens is 306 g/mol. The van der Waals surface area contributed by atoms with Crippen LogP contribution in [-0.4, -0.2) is 16.3 Å². The van der Waals surface area contributed by atoms with Gasteiger partial charge in [-0.15, -0.1) is 0 Å². The Bertz CT molecular complexity index is 950. The van der Waals surface area contributed by atoms with Crippen LogP contribution in [-0.2, 0) is 0 Å². The Kier molecular flexibility index (Phi) is 3.42. The number of aromatic nitrogens is 1. The van der Waals surface area contributed by atoms with Gasteiger partial charge in [0.15, 0.2) is 11.4 Å². The number of nitrogens with zero attached hydrogens (tertiary/aromatic N) is 1. The smallest absolute Gasteiger partial charge is 0.407 e. The van der Waals surface area contributed by atoms with Crippen LogP contribution in [0.3, 0.4) is 0 Å². The summed E-state index contributed by atoms with van der Waals surface area (Å²) in [7, 11) is 0. The number of ketones is 1. The van der Waals surface area contributed by atoms with E-state index in [0.717, 1.165) is 4.57 Å². The van der Waals surface area contributed by atoms with E-state index in [2.05, 4.69) is 0 Å². The third-order valence-corrected chi connectivity index (χ3v) is 3.52. The van der Waals surface area contributed by atoms with E-state index >= 15 is 0 Å². The van der Waals surface area contributed by atoms with Crippen LogP contribution in [0.15, 0.2) is 51.7 Å². The van der Waals surface area contributed by atoms with Crippen LogP contribution in [0.25, 0.3) is 11.1 Å². The fourth-order valence-corrected chi connectivity index (χ4v) is 2.35. The largest absolute Gasteiger partial charge is 0.426 e. The van der Waals surface area contributed by atoms with Crippen LogP contribution < -0.4 is 5.76 Å². The van der Waals surface area contributed by atoms with Gasteiger partial charge < -0.3 is 4.42 Å². The first-order valence-corrected chi connectivity index (χ1v) is 6.82. The summed E-state index contributed by atoms with van der Waals surface area (Å²) in [5, 5.41) is 0.538. The molecule has 0 aliphatic carbocycles. The third kappa shape index (κ3) is 2.35. The number of rotatable bonds is 2. The van der Waals surface area contributed by atoms with Crippen molar-refractivity contribution in [3.63, 3.8) is 0 Å². The van der Waals surface area contributed by atoms with Crippen molar-refractivity contribution in [3.05, 3.63) is 69.2 Å². The Balaban J connectivity index is 2.09. The van der Waals surface area contributed by atoms with Gasteiger partial charge in [-0.05, 0) is 42.5 Å². The lowest BCUT2D eigenvalue weighted by atomic mass is 10.0. The zero-order chi connectivity index (χ0) is 15.9. The second kappa shape index (κ2) is 5.27. The molecule has 22 heavy (non-hydrogen) atoms. The fourth-order valence-electron chi connectivity index (χ4n) is 2.23. The van der Waals surface area contributed by atoms with Crippen LogP contribution in [0.5, 0.6) is 0 Å². The molecule has 0 atom stereocenters. The number of carbonyl (C=O) groups excluding carboxylic acids is 2. The van der Waals surface area contributed by atoms with Gasteiger partial charge in [0.1, 0.15) is 0 Å². The summed E-state index contributed by atoms with van der Waals surface area (Å²) in [6, 6.07) is 11.0. The summed E-state index contributed by atoms with van der Waals surface area (Å²) in [6.45, 7) is 1.27. The molecule has 0 saturated carbocycles. The van der Waals surface area contributed by atoms with E-state index in [4.69, 9.17) is 16.0 Å². The molecule has 0 aliphatic rings. The maximum Gasteiger partial charge on any atom is 0.426 e. The maximum atomic E-state index is 12.4. The van der Waals surface area contributed by atoms with E-state index in [1.54, 1.807) is 30.3 Å². The van der Waals surface area contributed by atoms with E-state index in [-0.39, 0.29) is 11.4 Å². The highest BCUT2D eigenvalue weighted by molar-refractivity contribution is 6.30. The first-order chi connectivity index (χ1) is 10.5. The average Bonchev–Trinajstić information content (AvgIpc) is 2.82. The van der Waals surface area contributed by atoms with Gasteiger partial charge in [0.2, 0.25) is 5.91 Å². The van der Waals surface area contributed by atoms with Crippen molar-refractivity contribution in [3.8, 4) is 0 Å². The lowest BCUT2D eigenvalue weighted by Gasteiger charge is -2.02. The van der Waals surface area contributed by atoms with Crippen molar-refractivity contribution in [2.24, 2.45) is 0 Å². The topological polar surface area (TPSA) is 69.3 Å². The second-order valence-corrected chi connectivity index (χ2v) is 5.18. The Morgan fingerprint density at radius 3 is 2.32 bits per heavy atom. The Morgan fingerprint density at radius 2 is 1.68 bits per heavy atom. The SMILES string of the molecule is CC(=O)n1c(=O)oc2cc(C(=O)c3ccc(Cl)cc3)ccc21. The lowest BCUT2D eigenvalue weighted by Crippen LogP contribution is -2.19. The predicted molar refractivity (Wildman–Crippen MR) is 81.7 cm³/mol. The van der Waals surface area contributed by atoms with E-state index in [1.807, 2.05) is 0 Å². The molecule has 110 valence electrons. The third-order valence-electron chi connectivity index (χ3n) is 3.26. The standard InChI is InChI=1S/C16H10ClNO4/c1-9(19)18-13-7-4-11(8-14(13)22-16(18)21)15(20)10-2-5-12(17)6-3-10/h2-8H,1H3. The van der Waals surface area contributed by atoms with Gasteiger partial charge >= 0.3 is 5.76 Å². The maximum absolute atomic E-state index is 12.4. The number of hydrogen-bond donors (Lipinski definition) is 0. The minimum Gasteiger partial charge on any atom is -0.407 e. The molecule has 0 N–H and O–H groups in total. The molecule has 2 aromatic carbocycles. The molecule has 0 aliphatic heterocycles. The van der Waals surface area contributed by atoms with Crippen molar-refractivity contribution in [2.75, 3.05) is 0 Å². The minimum atomic E-state index is -0.765. The lowest BCUT2D eigenvalue weighted by molar-refractivity contribution is 0.0932. The summed E-state index contributed by atoms with van der Waals surface area (Å²) in [5.74, 6) is -1.43. The molecule has 0 radical (unpaired) electrons. The summed E-state index contributed by atoms with van der Waals surface area (Å²) < 4.78 is 5.94. The summed E-state index contributed by atoms with van der Waals surface area (Å²) >= 11 is 5.79. The molecular formula is C16H10ClNO4. The van der Waals surface area contributed by atoms with Gasteiger partial charge in [0.05, 0.1) is 5.52 Å². The van der Waals surface area contributed by atoms with Crippen molar-refractivity contribution in [1.82, 2.24) is 4.57 Å². The number of carbonyl (C=O) groups is 2. The molecule has 0 bridgehead atoms. The Hall–Kier alpha value is -2.66. The van der Waals surface area contributed by atoms with Crippen molar-refractivity contribution >= 4 is 34.4 Å². The number of oxazole rings is 1. The van der Waals surface area contributed by atoms with E-state index < -0.39 is 11.7 Å². The fraction of sp³-hybridized carbons (Fsp3) is 0.0625. The zero-order valence-electron chi connectivity index (χ0n) is 11.5. The van der Waals surface area contributed by atoms with Crippen LogP contribution in [0.4, 0.5) is 0 Å². The number of fused-ring (bicyclic) bond motifs is 1. The first kappa shape index (κ1) is 14.3. The zero-order valence-corrected chi connectivity index (χ0v) is 12.3. The number of halogens is 1. The monoisotopic (exact) mass is 315 g/mol. The van der Waals surface area contributed by atoms with Crippen molar-refractivity contribution < 1.29 is 14.0 Å². The van der Waals surface area contributed by atoms with Gasteiger partial charge in [-0.1, -0.05) is 11.6 Å². The van der Waals surface area contributed by atoms with Gasteiger partial charge in [0, 0.05) is 23.1 Å². The molecule has 3 rings (SSSR count).